The van der Waals surface area contributed by atoms with E-state index in [4.69, 9.17) is 11.6 Å². The van der Waals surface area contributed by atoms with Gasteiger partial charge in [-0.25, -0.2) is 9.78 Å². The maximum atomic E-state index is 12.5. The number of alkyl halides is 3. The largest absolute Gasteiger partial charge is 0.573 e. The van der Waals surface area contributed by atoms with E-state index in [0.29, 0.717) is 0 Å². The topological polar surface area (TPSA) is 48.4 Å². The van der Waals surface area contributed by atoms with Crippen LogP contribution in [0.5, 0.6) is 5.75 Å². The van der Waals surface area contributed by atoms with Gasteiger partial charge in [0.2, 0.25) is 0 Å². The maximum Gasteiger partial charge on any atom is 0.573 e. The van der Waals surface area contributed by atoms with Gasteiger partial charge in [0.25, 0.3) is 0 Å². The SMILES string of the molecule is COC(=O)c1cnc(Cl)c(-c2ccccc2OC(F)(F)F)c1. The number of hydrogen-bond acceptors (Lipinski definition) is 4. The van der Waals surface area contributed by atoms with Crippen LogP contribution in [0.4, 0.5) is 13.2 Å². The van der Waals surface area contributed by atoms with Crippen LogP contribution in [0.3, 0.4) is 0 Å². The van der Waals surface area contributed by atoms with Gasteiger partial charge >= 0.3 is 12.3 Å². The third-order valence-corrected chi connectivity index (χ3v) is 2.96. The molecule has 0 aliphatic carbocycles. The fourth-order valence-electron chi connectivity index (χ4n) is 1.77. The zero-order valence-corrected chi connectivity index (χ0v) is 11.9. The number of para-hydroxylation sites is 1. The monoisotopic (exact) mass is 331 g/mol. The molecule has 0 amide bonds. The van der Waals surface area contributed by atoms with Crippen LogP contribution < -0.4 is 4.74 Å². The van der Waals surface area contributed by atoms with Gasteiger partial charge in [0, 0.05) is 17.3 Å². The van der Waals surface area contributed by atoms with Crippen molar-refractivity contribution in [3.05, 3.63) is 47.2 Å². The van der Waals surface area contributed by atoms with E-state index in [0.717, 1.165) is 6.07 Å². The molecule has 0 spiro atoms. The van der Waals surface area contributed by atoms with Crippen molar-refractivity contribution >= 4 is 17.6 Å². The summed E-state index contributed by atoms with van der Waals surface area (Å²) in [6.07, 6.45) is -3.68. The van der Waals surface area contributed by atoms with Crippen LogP contribution in [0.15, 0.2) is 36.5 Å². The van der Waals surface area contributed by atoms with Gasteiger partial charge in [-0.05, 0) is 12.1 Å². The van der Waals surface area contributed by atoms with Gasteiger partial charge < -0.3 is 9.47 Å². The number of methoxy groups -OCH3 is 1. The summed E-state index contributed by atoms with van der Waals surface area (Å²) in [6.45, 7) is 0. The predicted octanol–water partition coefficient (Wildman–Crippen LogP) is 4.09. The van der Waals surface area contributed by atoms with Crippen LogP contribution >= 0.6 is 11.6 Å². The fourth-order valence-corrected chi connectivity index (χ4v) is 1.97. The Kier molecular flexibility index (Phi) is 4.56. The van der Waals surface area contributed by atoms with E-state index in [2.05, 4.69) is 14.5 Å². The fraction of sp³-hybridized carbons (Fsp3) is 0.143. The molecule has 1 aromatic carbocycles. The first-order chi connectivity index (χ1) is 10.3. The standard InChI is InChI=1S/C14H9ClF3NO3/c1-21-13(20)8-6-10(12(15)19-7-8)9-4-2-3-5-11(9)22-14(16,17)18/h2-7H,1H3. The minimum atomic E-state index is -4.85. The Labute approximate surface area is 128 Å². The molecule has 0 N–H and O–H groups in total. The van der Waals surface area contributed by atoms with E-state index in [1.165, 1.54) is 37.6 Å². The number of halogens is 4. The van der Waals surface area contributed by atoms with Crippen LogP contribution in [-0.2, 0) is 4.74 Å². The number of carbonyl (C=O) groups excluding carboxylic acids is 1. The summed E-state index contributed by atoms with van der Waals surface area (Å²) in [7, 11) is 1.18. The van der Waals surface area contributed by atoms with Gasteiger partial charge in [0.05, 0.1) is 12.7 Å². The zero-order chi connectivity index (χ0) is 16.3. The molecule has 0 radical (unpaired) electrons. The van der Waals surface area contributed by atoms with Gasteiger partial charge in [0.15, 0.2) is 0 Å². The van der Waals surface area contributed by atoms with E-state index < -0.39 is 18.1 Å². The number of esters is 1. The summed E-state index contributed by atoms with van der Waals surface area (Å²) < 4.78 is 45.9. The van der Waals surface area contributed by atoms with Gasteiger partial charge in [-0.15, -0.1) is 13.2 Å². The van der Waals surface area contributed by atoms with E-state index in [1.54, 1.807) is 0 Å². The van der Waals surface area contributed by atoms with Crippen molar-refractivity contribution < 1.29 is 27.4 Å². The highest BCUT2D eigenvalue weighted by Crippen LogP contribution is 2.36. The Morgan fingerprint density at radius 1 is 1.23 bits per heavy atom. The summed E-state index contributed by atoms with van der Waals surface area (Å²) in [6, 6.07) is 6.71. The van der Waals surface area contributed by atoms with Crippen LogP contribution in [0, 0.1) is 0 Å². The van der Waals surface area contributed by atoms with Crippen LogP contribution in [0.25, 0.3) is 11.1 Å². The van der Waals surface area contributed by atoms with Crippen LogP contribution in [0.1, 0.15) is 10.4 Å². The average molecular weight is 332 g/mol. The molecule has 8 heteroatoms. The first kappa shape index (κ1) is 16.1. The number of hydrogen-bond donors (Lipinski definition) is 0. The lowest BCUT2D eigenvalue weighted by Gasteiger charge is -2.14. The molecule has 22 heavy (non-hydrogen) atoms. The summed E-state index contributed by atoms with van der Waals surface area (Å²) in [5.74, 6) is -1.12. The zero-order valence-electron chi connectivity index (χ0n) is 11.1. The molecule has 4 nitrogen and oxygen atoms in total. The predicted molar refractivity (Wildman–Crippen MR) is 72.7 cm³/mol. The van der Waals surface area contributed by atoms with E-state index in [1.807, 2.05) is 0 Å². The quantitative estimate of drug-likeness (QED) is 0.628. The first-order valence-electron chi connectivity index (χ1n) is 5.91. The van der Waals surface area contributed by atoms with Crippen molar-refractivity contribution in [2.75, 3.05) is 7.11 Å². The molecule has 1 aromatic heterocycles. The van der Waals surface area contributed by atoms with Crippen molar-refractivity contribution in [1.29, 1.82) is 0 Å². The third kappa shape index (κ3) is 3.67. The molecule has 0 saturated heterocycles. The van der Waals surface area contributed by atoms with Crippen molar-refractivity contribution in [2.45, 2.75) is 6.36 Å². The second-order valence-electron chi connectivity index (χ2n) is 4.10. The number of pyridine rings is 1. The highest BCUT2D eigenvalue weighted by atomic mass is 35.5. The molecular weight excluding hydrogens is 323 g/mol. The molecule has 0 unspecified atom stereocenters. The number of carbonyl (C=O) groups is 1. The number of nitrogens with zero attached hydrogens (tertiary/aromatic N) is 1. The Morgan fingerprint density at radius 3 is 2.55 bits per heavy atom. The van der Waals surface area contributed by atoms with E-state index >= 15 is 0 Å². The summed E-state index contributed by atoms with van der Waals surface area (Å²) in [4.78, 5) is 15.3. The molecule has 0 atom stereocenters. The van der Waals surface area contributed by atoms with Crippen molar-refractivity contribution in [1.82, 2.24) is 4.98 Å². The summed E-state index contributed by atoms with van der Waals surface area (Å²) in [5.41, 5.74) is 0.246. The Bertz CT molecular complexity index is 704. The summed E-state index contributed by atoms with van der Waals surface area (Å²) >= 11 is 5.92. The average Bonchev–Trinajstić information content (AvgIpc) is 2.46. The Balaban J connectivity index is 2.54. The van der Waals surface area contributed by atoms with Gasteiger partial charge in [-0.1, -0.05) is 29.8 Å². The van der Waals surface area contributed by atoms with Gasteiger partial charge in [0.1, 0.15) is 10.9 Å². The molecule has 1 heterocycles. The minimum Gasteiger partial charge on any atom is -0.465 e. The normalized spacial score (nSPS) is 11.1. The minimum absolute atomic E-state index is 0.0584. The highest BCUT2D eigenvalue weighted by Gasteiger charge is 2.32. The number of benzene rings is 1. The Morgan fingerprint density at radius 2 is 1.91 bits per heavy atom. The second kappa shape index (κ2) is 6.23. The molecule has 116 valence electrons. The van der Waals surface area contributed by atoms with Gasteiger partial charge in [-0.3, -0.25) is 0 Å². The molecular formula is C14H9ClF3NO3. The van der Waals surface area contributed by atoms with Crippen LogP contribution in [0.2, 0.25) is 5.15 Å². The molecule has 0 aliphatic heterocycles. The maximum absolute atomic E-state index is 12.5. The number of aromatic nitrogens is 1. The smallest absolute Gasteiger partial charge is 0.465 e. The molecule has 0 fully saturated rings. The third-order valence-electron chi connectivity index (χ3n) is 2.66. The molecule has 2 aromatic rings. The lowest BCUT2D eigenvalue weighted by atomic mass is 10.0. The number of ether oxygens (including phenoxy) is 2. The van der Waals surface area contributed by atoms with Crippen LogP contribution in [-0.4, -0.2) is 24.4 Å². The molecule has 0 bridgehead atoms. The highest BCUT2D eigenvalue weighted by molar-refractivity contribution is 6.32. The molecule has 2 rings (SSSR count). The van der Waals surface area contributed by atoms with E-state index in [9.17, 15) is 18.0 Å². The summed E-state index contributed by atoms with van der Waals surface area (Å²) in [5, 5.41) is -0.0640. The van der Waals surface area contributed by atoms with E-state index in [-0.39, 0.29) is 21.8 Å². The van der Waals surface area contributed by atoms with Gasteiger partial charge in [-0.2, -0.15) is 0 Å². The number of rotatable bonds is 3. The lowest BCUT2D eigenvalue weighted by molar-refractivity contribution is -0.274. The second-order valence-corrected chi connectivity index (χ2v) is 4.46. The lowest BCUT2D eigenvalue weighted by Crippen LogP contribution is -2.17. The van der Waals surface area contributed by atoms with Crippen molar-refractivity contribution in [3.8, 4) is 16.9 Å². The molecule has 0 saturated carbocycles. The first-order valence-corrected chi connectivity index (χ1v) is 6.28. The Hall–Kier alpha value is -2.28. The molecule has 0 aliphatic rings. The van der Waals surface area contributed by atoms with Crippen molar-refractivity contribution in [2.24, 2.45) is 0 Å². The van der Waals surface area contributed by atoms with Crippen molar-refractivity contribution in [3.63, 3.8) is 0 Å².